The normalized spacial score (nSPS) is 13.9. The van der Waals surface area contributed by atoms with E-state index in [2.05, 4.69) is 34.4 Å². The molecule has 100 valence electrons. The van der Waals surface area contributed by atoms with Gasteiger partial charge in [-0.05, 0) is 24.1 Å². The standard InChI is InChI=1S/C13H19N3O.HI/c1-16-10-9-15-13(16)14-8-7-11-3-5-12(17-2)6-4-11;/h3-6H,7-10H2,1-2H3,(H,14,15);1H. The molecule has 1 N–H and O–H groups in total. The second-order valence-electron chi connectivity index (χ2n) is 4.15. The number of rotatable bonds is 4. The summed E-state index contributed by atoms with van der Waals surface area (Å²) in [6, 6.07) is 8.18. The molecule has 1 aliphatic rings. The summed E-state index contributed by atoms with van der Waals surface area (Å²) in [6.07, 6.45) is 0.997. The first-order chi connectivity index (χ1) is 8.29. The minimum absolute atomic E-state index is 0. The van der Waals surface area contributed by atoms with Crippen LogP contribution >= 0.6 is 24.0 Å². The molecule has 1 aromatic carbocycles. The molecule has 0 atom stereocenters. The average molecular weight is 361 g/mol. The molecule has 0 amide bonds. The third-order valence-corrected chi connectivity index (χ3v) is 2.91. The molecule has 0 radical (unpaired) electrons. The number of methoxy groups -OCH3 is 1. The van der Waals surface area contributed by atoms with E-state index in [0.717, 1.165) is 37.8 Å². The van der Waals surface area contributed by atoms with Crippen molar-refractivity contribution in [3.05, 3.63) is 29.8 Å². The van der Waals surface area contributed by atoms with Crippen molar-refractivity contribution >= 4 is 29.9 Å². The van der Waals surface area contributed by atoms with Crippen LogP contribution < -0.4 is 10.1 Å². The van der Waals surface area contributed by atoms with Gasteiger partial charge < -0.3 is 15.0 Å². The molecule has 0 fully saturated rings. The van der Waals surface area contributed by atoms with Crippen molar-refractivity contribution in [1.82, 2.24) is 10.2 Å². The molecule has 0 aromatic heterocycles. The smallest absolute Gasteiger partial charge is 0.193 e. The van der Waals surface area contributed by atoms with Crippen molar-refractivity contribution < 1.29 is 4.74 Å². The Morgan fingerprint density at radius 2 is 2.06 bits per heavy atom. The summed E-state index contributed by atoms with van der Waals surface area (Å²) in [6.45, 7) is 2.84. The largest absolute Gasteiger partial charge is 0.497 e. The van der Waals surface area contributed by atoms with Crippen LogP contribution in [-0.2, 0) is 6.42 Å². The maximum absolute atomic E-state index is 5.13. The maximum atomic E-state index is 5.13. The van der Waals surface area contributed by atoms with Gasteiger partial charge in [0.1, 0.15) is 5.75 Å². The van der Waals surface area contributed by atoms with Crippen molar-refractivity contribution in [2.75, 3.05) is 33.8 Å². The first-order valence-electron chi connectivity index (χ1n) is 5.92. The molecule has 0 unspecified atom stereocenters. The third kappa shape index (κ3) is 4.04. The number of hydrogen-bond donors (Lipinski definition) is 1. The predicted molar refractivity (Wildman–Crippen MR) is 85.0 cm³/mol. The van der Waals surface area contributed by atoms with Crippen molar-refractivity contribution in [3.63, 3.8) is 0 Å². The summed E-state index contributed by atoms with van der Waals surface area (Å²) in [5.74, 6) is 1.92. The van der Waals surface area contributed by atoms with E-state index in [-0.39, 0.29) is 24.0 Å². The number of guanidine groups is 1. The lowest BCUT2D eigenvalue weighted by Gasteiger charge is -2.15. The van der Waals surface area contributed by atoms with E-state index in [1.54, 1.807) is 7.11 Å². The number of nitrogens with zero attached hydrogens (tertiary/aromatic N) is 2. The van der Waals surface area contributed by atoms with Gasteiger partial charge in [0.2, 0.25) is 0 Å². The lowest BCUT2D eigenvalue weighted by molar-refractivity contribution is 0.414. The Balaban J connectivity index is 0.00000162. The van der Waals surface area contributed by atoms with Gasteiger partial charge in [0.15, 0.2) is 5.96 Å². The molecule has 2 rings (SSSR count). The third-order valence-electron chi connectivity index (χ3n) is 2.91. The lowest BCUT2D eigenvalue weighted by Crippen LogP contribution is -2.36. The molecule has 1 heterocycles. The van der Waals surface area contributed by atoms with Gasteiger partial charge in [-0.15, -0.1) is 24.0 Å². The SMILES string of the molecule is COc1ccc(CCNC2=NCCN2C)cc1.I. The van der Waals surface area contributed by atoms with Gasteiger partial charge in [-0.3, -0.25) is 4.99 Å². The summed E-state index contributed by atoms with van der Waals surface area (Å²) in [4.78, 5) is 6.53. The van der Waals surface area contributed by atoms with E-state index in [4.69, 9.17) is 4.74 Å². The Morgan fingerprint density at radius 1 is 1.33 bits per heavy atom. The number of aliphatic imine (C=N–C) groups is 1. The van der Waals surface area contributed by atoms with Gasteiger partial charge in [0.25, 0.3) is 0 Å². The molecular formula is C13H20IN3O. The molecule has 0 bridgehead atoms. The second-order valence-corrected chi connectivity index (χ2v) is 4.15. The molecular weight excluding hydrogens is 341 g/mol. The molecule has 1 aromatic rings. The fourth-order valence-corrected chi connectivity index (χ4v) is 1.83. The number of nitrogens with one attached hydrogen (secondary N) is 1. The zero-order valence-corrected chi connectivity index (χ0v) is 13.2. The molecule has 4 nitrogen and oxygen atoms in total. The topological polar surface area (TPSA) is 36.9 Å². The van der Waals surface area contributed by atoms with Crippen LogP contribution in [0.3, 0.4) is 0 Å². The number of ether oxygens (including phenoxy) is 1. The van der Waals surface area contributed by atoms with Crippen LogP contribution in [0.25, 0.3) is 0 Å². The highest BCUT2D eigenvalue weighted by Crippen LogP contribution is 2.11. The first kappa shape index (κ1) is 15.1. The van der Waals surface area contributed by atoms with Crippen molar-refractivity contribution in [1.29, 1.82) is 0 Å². The van der Waals surface area contributed by atoms with E-state index in [1.807, 2.05) is 12.1 Å². The quantitative estimate of drug-likeness (QED) is 0.831. The Kier molecular flexibility index (Phi) is 6.24. The van der Waals surface area contributed by atoms with Crippen LogP contribution in [0.15, 0.2) is 29.3 Å². The molecule has 0 saturated heterocycles. The molecule has 0 spiro atoms. The van der Waals surface area contributed by atoms with Crippen LogP contribution in [0.2, 0.25) is 0 Å². The van der Waals surface area contributed by atoms with Crippen LogP contribution in [-0.4, -0.2) is 44.7 Å². The highest BCUT2D eigenvalue weighted by Gasteiger charge is 2.10. The van der Waals surface area contributed by atoms with Crippen LogP contribution in [0, 0.1) is 0 Å². The number of hydrogen-bond acceptors (Lipinski definition) is 4. The molecule has 0 aliphatic carbocycles. The van der Waals surface area contributed by atoms with Crippen molar-refractivity contribution in [3.8, 4) is 5.75 Å². The number of benzene rings is 1. The van der Waals surface area contributed by atoms with Gasteiger partial charge in [-0.25, -0.2) is 0 Å². The summed E-state index contributed by atoms with van der Waals surface area (Å²) in [5, 5.41) is 3.35. The zero-order valence-electron chi connectivity index (χ0n) is 10.8. The molecule has 5 heteroatoms. The van der Waals surface area contributed by atoms with Crippen LogP contribution in [0.4, 0.5) is 0 Å². The lowest BCUT2D eigenvalue weighted by atomic mass is 10.1. The van der Waals surface area contributed by atoms with Gasteiger partial charge in [0.05, 0.1) is 13.7 Å². The Morgan fingerprint density at radius 3 is 2.61 bits per heavy atom. The fourth-order valence-electron chi connectivity index (χ4n) is 1.83. The van der Waals surface area contributed by atoms with E-state index in [0.29, 0.717) is 0 Å². The summed E-state index contributed by atoms with van der Waals surface area (Å²) < 4.78 is 5.13. The molecule has 0 saturated carbocycles. The Labute approximate surface area is 125 Å². The minimum Gasteiger partial charge on any atom is -0.497 e. The van der Waals surface area contributed by atoms with Crippen molar-refractivity contribution in [2.24, 2.45) is 4.99 Å². The molecule has 1 aliphatic heterocycles. The second kappa shape index (κ2) is 7.45. The summed E-state index contributed by atoms with van der Waals surface area (Å²) in [7, 11) is 3.75. The zero-order chi connectivity index (χ0) is 12.1. The van der Waals surface area contributed by atoms with E-state index in [1.165, 1.54) is 5.56 Å². The number of halogens is 1. The van der Waals surface area contributed by atoms with Crippen LogP contribution in [0.1, 0.15) is 5.56 Å². The minimum atomic E-state index is 0. The van der Waals surface area contributed by atoms with Gasteiger partial charge in [-0.2, -0.15) is 0 Å². The summed E-state index contributed by atoms with van der Waals surface area (Å²) >= 11 is 0. The molecule has 18 heavy (non-hydrogen) atoms. The maximum Gasteiger partial charge on any atom is 0.193 e. The van der Waals surface area contributed by atoms with E-state index < -0.39 is 0 Å². The van der Waals surface area contributed by atoms with Crippen molar-refractivity contribution in [2.45, 2.75) is 6.42 Å². The monoisotopic (exact) mass is 361 g/mol. The highest BCUT2D eigenvalue weighted by molar-refractivity contribution is 14.0. The van der Waals surface area contributed by atoms with E-state index >= 15 is 0 Å². The average Bonchev–Trinajstić information content (AvgIpc) is 2.76. The highest BCUT2D eigenvalue weighted by atomic mass is 127. The first-order valence-corrected chi connectivity index (χ1v) is 5.92. The van der Waals surface area contributed by atoms with Crippen LogP contribution in [0.5, 0.6) is 5.75 Å². The fraction of sp³-hybridized carbons (Fsp3) is 0.462. The van der Waals surface area contributed by atoms with Gasteiger partial charge >= 0.3 is 0 Å². The predicted octanol–water partition coefficient (Wildman–Crippen LogP) is 1.75. The Hall–Kier alpha value is -0.980. The van der Waals surface area contributed by atoms with E-state index in [9.17, 15) is 0 Å². The van der Waals surface area contributed by atoms with Gasteiger partial charge in [-0.1, -0.05) is 12.1 Å². The van der Waals surface area contributed by atoms with Gasteiger partial charge in [0, 0.05) is 20.1 Å². The number of likely N-dealkylation sites (N-methyl/N-ethyl adjacent to an activating group) is 1. The summed E-state index contributed by atoms with van der Waals surface area (Å²) in [5.41, 5.74) is 1.31. The Bertz CT molecular complexity index is 392.